The van der Waals surface area contributed by atoms with Crippen LogP contribution in [-0.4, -0.2) is 46.6 Å². The number of aromatic nitrogens is 1. The summed E-state index contributed by atoms with van der Waals surface area (Å²) in [5, 5.41) is 12.1. The number of nitro benzene ring substituents is 1. The molecule has 32 heavy (non-hydrogen) atoms. The summed E-state index contributed by atoms with van der Waals surface area (Å²) in [5.74, 6) is 0. The van der Waals surface area contributed by atoms with Crippen molar-refractivity contribution in [1.82, 2.24) is 9.47 Å². The highest BCUT2D eigenvalue weighted by Gasteiger charge is 2.25. The van der Waals surface area contributed by atoms with Gasteiger partial charge in [-0.1, -0.05) is 30.3 Å². The van der Waals surface area contributed by atoms with Gasteiger partial charge >= 0.3 is 6.03 Å². The maximum Gasteiger partial charge on any atom is 0.329 e. The minimum absolute atomic E-state index is 0.0483. The summed E-state index contributed by atoms with van der Waals surface area (Å²) < 4.78 is 1.62. The van der Waals surface area contributed by atoms with Crippen molar-refractivity contribution in [3.05, 3.63) is 93.1 Å². The third-order valence-electron chi connectivity index (χ3n) is 5.93. The highest BCUT2D eigenvalue weighted by atomic mass is 16.6. The van der Waals surface area contributed by atoms with Crippen molar-refractivity contribution < 1.29 is 9.72 Å². The Morgan fingerprint density at radius 2 is 1.41 bits per heavy atom. The van der Waals surface area contributed by atoms with Gasteiger partial charge in [-0.15, -0.1) is 0 Å². The Morgan fingerprint density at radius 3 is 2.00 bits per heavy atom. The first-order valence-corrected chi connectivity index (χ1v) is 10.4. The number of non-ortho nitro benzene ring substituents is 1. The number of carbonyl (C=O) groups is 1. The number of benzene rings is 3. The lowest BCUT2D eigenvalue weighted by Crippen LogP contribution is -2.50. The van der Waals surface area contributed by atoms with Crippen molar-refractivity contribution in [2.45, 2.75) is 0 Å². The van der Waals surface area contributed by atoms with Gasteiger partial charge in [-0.25, -0.2) is 4.79 Å². The van der Waals surface area contributed by atoms with Gasteiger partial charge in [0.2, 0.25) is 0 Å². The van der Waals surface area contributed by atoms with Gasteiger partial charge in [0, 0.05) is 54.8 Å². The Bertz CT molecular complexity index is 1360. The molecule has 1 fully saturated rings. The number of nitro groups is 1. The van der Waals surface area contributed by atoms with Crippen LogP contribution in [0.1, 0.15) is 0 Å². The summed E-state index contributed by atoms with van der Waals surface area (Å²) >= 11 is 0. The lowest BCUT2D eigenvalue weighted by Gasteiger charge is -2.36. The smallest absolute Gasteiger partial charge is 0.329 e. The van der Waals surface area contributed by atoms with Gasteiger partial charge in [0.15, 0.2) is 5.43 Å². The summed E-state index contributed by atoms with van der Waals surface area (Å²) in [5.41, 5.74) is 1.90. The van der Waals surface area contributed by atoms with Gasteiger partial charge < -0.3 is 9.80 Å². The van der Waals surface area contributed by atoms with Gasteiger partial charge in [0.25, 0.3) is 5.69 Å². The summed E-state index contributed by atoms with van der Waals surface area (Å²) in [6, 6.07) is 20.7. The summed E-state index contributed by atoms with van der Waals surface area (Å²) in [6.07, 6.45) is 0. The van der Waals surface area contributed by atoms with Crippen LogP contribution in [-0.2, 0) is 0 Å². The number of pyridine rings is 1. The molecule has 0 spiro atoms. The van der Waals surface area contributed by atoms with Crippen molar-refractivity contribution in [3.8, 4) is 0 Å². The summed E-state index contributed by atoms with van der Waals surface area (Å²) in [6.45, 7) is 2.05. The number of anilines is 1. The maximum atomic E-state index is 13.6. The van der Waals surface area contributed by atoms with E-state index in [9.17, 15) is 19.7 Å². The first-order valence-electron chi connectivity index (χ1n) is 10.4. The summed E-state index contributed by atoms with van der Waals surface area (Å²) in [7, 11) is 0. The van der Waals surface area contributed by atoms with E-state index in [1.54, 1.807) is 58.0 Å². The zero-order chi connectivity index (χ0) is 22.2. The van der Waals surface area contributed by atoms with E-state index in [4.69, 9.17) is 0 Å². The van der Waals surface area contributed by atoms with E-state index >= 15 is 0 Å². The molecule has 2 heterocycles. The second-order valence-electron chi connectivity index (χ2n) is 7.73. The quantitative estimate of drug-likeness (QED) is 0.275. The second-order valence-corrected chi connectivity index (χ2v) is 7.73. The Morgan fingerprint density at radius 1 is 0.812 bits per heavy atom. The molecule has 0 radical (unpaired) electrons. The predicted molar refractivity (Wildman–Crippen MR) is 123 cm³/mol. The molecule has 0 unspecified atom stereocenters. The number of fused-ring (bicyclic) bond motifs is 2. The third-order valence-corrected chi connectivity index (χ3v) is 5.93. The van der Waals surface area contributed by atoms with Crippen molar-refractivity contribution in [2.75, 3.05) is 31.1 Å². The number of piperazine rings is 1. The van der Waals surface area contributed by atoms with Gasteiger partial charge in [-0.3, -0.25) is 19.5 Å². The van der Waals surface area contributed by atoms with Crippen LogP contribution in [0.3, 0.4) is 0 Å². The fourth-order valence-corrected chi connectivity index (χ4v) is 4.30. The van der Waals surface area contributed by atoms with Crippen LogP contribution in [0.15, 0.2) is 77.6 Å². The lowest BCUT2D eigenvalue weighted by atomic mass is 10.1. The van der Waals surface area contributed by atoms with E-state index in [0.717, 1.165) is 5.69 Å². The minimum Gasteiger partial charge on any atom is -0.368 e. The molecule has 1 saturated heterocycles. The molecule has 160 valence electrons. The van der Waals surface area contributed by atoms with E-state index in [0.29, 0.717) is 48.0 Å². The molecule has 0 saturated carbocycles. The Balaban J connectivity index is 1.47. The zero-order valence-electron chi connectivity index (χ0n) is 17.2. The van der Waals surface area contributed by atoms with E-state index in [-0.39, 0.29) is 17.1 Å². The average Bonchev–Trinajstić information content (AvgIpc) is 2.84. The number of para-hydroxylation sites is 2. The van der Waals surface area contributed by atoms with Crippen LogP contribution in [0.25, 0.3) is 21.8 Å². The molecule has 0 atom stereocenters. The molecule has 1 aliphatic heterocycles. The van der Waals surface area contributed by atoms with Crippen molar-refractivity contribution in [1.29, 1.82) is 0 Å². The van der Waals surface area contributed by atoms with Gasteiger partial charge in [-0.05, 0) is 30.3 Å². The van der Waals surface area contributed by atoms with Gasteiger partial charge in [0.05, 0.1) is 16.0 Å². The van der Waals surface area contributed by atoms with Crippen LogP contribution in [0.2, 0.25) is 0 Å². The zero-order valence-corrected chi connectivity index (χ0v) is 17.2. The Hall–Kier alpha value is -4.20. The number of rotatable bonds is 2. The van der Waals surface area contributed by atoms with Crippen LogP contribution < -0.4 is 10.3 Å². The highest BCUT2D eigenvalue weighted by Crippen LogP contribution is 2.24. The maximum absolute atomic E-state index is 13.6. The largest absolute Gasteiger partial charge is 0.368 e. The van der Waals surface area contributed by atoms with E-state index in [1.165, 1.54) is 6.07 Å². The fourth-order valence-electron chi connectivity index (χ4n) is 4.30. The molecule has 0 N–H and O–H groups in total. The molecule has 8 nitrogen and oxygen atoms in total. The number of carbonyl (C=O) groups excluding carboxylic acids is 1. The molecule has 0 bridgehead atoms. The van der Waals surface area contributed by atoms with Gasteiger partial charge in [0.1, 0.15) is 0 Å². The first-order chi connectivity index (χ1) is 15.5. The Labute approximate surface area is 183 Å². The molecular formula is C24H20N4O4. The molecule has 1 aromatic heterocycles. The van der Waals surface area contributed by atoms with Crippen LogP contribution in [0, 0.1) is 10.1 Å². The number of hydrogen-bond acceptors (Lipinski definition) is 5. The molecule has 1 aliphatic rings. The minimum atomic E-state index is -0.407. The second kappa shape index (κ2) is 7.81. The third kappa shape index (κ3) is 3.26. The number of nitrogens with zero attached hydrogens (tertiary/aromatic N) is 4. The molecule has 8 heteroatoms. The molecular weight excluding hydrogens is 408 g/mol. The van der Waals surface area contributed by atoms with Crippen LogP contribution >= 0.6 is 0 Å². The average molecular weight is 428 g/mol. The molecule has 5 rings (SSSR count). The van der Waals surface area contributed by atoms with Gasteiger partial charge in [-0.2, -0.15) is 0 Å². The highest BCUT2D eigenvalue weighted by molar-refractivity contribution is 6.02. The lowest BCUT2D eigenvalue weighted by molar-refractivity contribution is -0.384. The standard InChI is InChI=1S/C24H20N4O4/c29-23-19-8-1-3-10-21(19)27(22-11-4-2-9-20(22)23)24(30)26-14-12-25(13-15-26)17-6-5-7-18(16-17)28(31)32/h1-11,16H,12-15H2. The van der Waals surface area contributed by atoms with Crippen LogP contribution in [0.4, 0.5) is 16.2 Å². The van der Waals surface area contributed by atoms with Crippen molar-refractivity contribution >= 4 is 39.2 Å². The van der Waals surface area contributed by atoms with Crippen molar-refractivity contribution in [3.63, 3.8) is 0 Å². The molecule has 4 aromatic rings. The molecule has 3 aromatic carbocycles. The Kier molecular flexibility index (Phi) is 4.82. The van der Waals surface area contributed by atoms with E-state index in [2.05, 4.69) is 0 Å². The van der Waals surface area contributed by atoms with Crippen molar-refractivity contribution in [2.24, 2.45) is 0 Å². The monoisotopic (exact) mass is 428 g/mol. The summed E-state index contributed by atoms with van der Waals surface area (Å²) in [4.78, 5) is 41.0. The normalized spacial score (nSPS) is 14.1. The topological polar surface area (TPSA) is 88.7 Å². The van der Waals surface area contributed by atoms with Crippen LogP contribution in [0.5, 0.6) is 0 Å². The first kappa shape index (κ1) is 19.7. The molecule has 1 amide bonds. The van der Waals surface area contributed by atoms with E-state index < -0.39 is 4.92 Å². The number of hydrogen-bond donors (Lipinski definition) is 0. The molecule has 0 aliphatic carbocycles. The predicted octanol–water partition coefficient (Wildman–Crippen LogP) is 3.85. The number of amides is 1. The van der Waals surface area contributed by atoms with E-state index in [1.807, 2.05) is 23.1 Å². The fraction of sp³-hybridized carbons (Fsp3) is 0.167. The SMILES string of the molecule is O=C(N1CCN(c2cccc([N+](=O)[O-])c2)CC1)n1c2ccccc2c(=O)c2ccccc21.